The van der Waals surface area contributed by atoms with Gasteiger partial charge in [-0.1, -0.05) is 12.1 Å². The van der Waals surface area contributed by atoms with E-state index in [2.05, 4.69) is 10.2 Å². The average molecular weight is 228 g/mol. The number of hydrogen-bond acceptors (Lipinski definition) is 3. The second-order valence-corrected chi connectivity index (χ2v) is 3.88. The van der Waals surface area contributed by atoms with Crippen molar-refractivity contribution in [1.82, 2.24) is 10.2 Å². The third-order valence-electron chi connectivity index (χ3n) is 2.76. The fourth-order valence-corrected chi connectivity index (χ4v) is 1.58. The average Bonchev–Trinajstić information content (AvgIpc) is 2.33. The van der Waals surface area contributed by atoms with Gasteiger partial charge in [-0.25, -0.2) is 4.79 Å². The molecule has 0 atom stereocenters. The smallest absolute Gasteiger partial charge is 0.335 e. The lowest BCUT2D eigenvalue weighted by Crippen LogP contribution is -1.97. The van der Waals surface area contributed by atoms with E-state index < -0.39 is 5.97 Å². The van der Waals surface area contributed by atoms with Crippen molar-refractivity contribution in [3.05, 3.63) is 47.2 Å². The van der Waals surface area contributed by atoms with Gasteiger partial charge in [0.15, 0.2) is 0 Å². The molecule has 1 heterocycles. The fraction of sp³-hybridized carbons (Fsp3) is 0.154. The Bertz CT molecular complexity index is 562. The minimum absolute atomic E-state index is 0.270. The Balaban J connectivity index is 2.47. The van der Waals surface area contributed by atoms with Gasteiger partial charge in [0, 0.05) is 5.56 Å². The van der Waals surface area contributed by atoms with Crippen LogP contribution in [0, 0.1) is 13.8 Å². The Morgan fingerprint density at radius 1 is 1.18 bits per heavy atom. The standard InChI is InChI=1S/C13H12N2O2/c1-8-7-14-15-12(9(8)2)10-3-5-11(6-4-10)13(16)17/h3-7H,1-2H3,(H,16,17). The molecule has 0 radical (unpaired) electrons. The van der Waals surface area contributed by atoms with Gasteiger partial charge in [0.25, 0.3) is 0 Å². The number of rotatable bonds is 2. The Morgan fingerprint density at radius 3 is 2.41 bits per heavy atom. The molecule has 86 valence electrons. The summed E-state index contributed by atoms with van der Waals surface area (Å²) in [4.78, 5) is 10.7. The van der Waals surface area contributed by atoms with Crippen molar-refractivity contribution in [2.45, 2.75) is 13.8 Å². The van der Waals surface area contributed by atoms with Crippen LogP contribution in [0.15, 0.2) is 30.5 Å². The van der Waals surface area contributed by atoms with E-state index in [0.717, 1.165) is 22.4 Å². The second-order valence-electron chi connectivity index (χ2n) is 3.88. The van der Waals surface area contributed by atoms with Crippen molar-refractivity contribution in [2.24, 2.45) is 0 Å². The van der Waals surface area contributed by atoms with Crippen LogP contribution in [0.2, 0.25) is 0 Å². The van der Waals surface area contributed by atoms with Gasteiger partial charge in [-0.2, -0.15) is 10.2 Å². The SMILES string of the molecule is Cc1cnnc(-c2ccc(C(=O)O)cc2)c1C. The molecular formula is C13H12N2O2. The predicted octanol–water partition coefficient (Wildman–Crippen LogP) is 2.46. The van der Waals surface area contributed by atoms with Gasteiger partial charge in [-0.05, 0) is 37.1 Å². The summed E-state index contributed by atoms with van der Waals surface area (Å²) in [6.45, 7) is 3.95. The number of carboxylic acid groups (broad SMARTS) is 1. The van der Waals surface area contributed by atoms with Crippen molar-refractivity contribution < 1.29 is 9.90 Å². The van der Waals surface area contributed by atoms with E-state index in [-0.39, 0.29) is 5.56 Å². The molecule has 1 aromatic heterocycles. The van der Waals surface area contributed by atoms with Crippen molar-refractivity contribution in [3.63, 3.8) is 0 Å². The molecule has 0 aliphatic heterocycles. The third kappa shape index (κ3) is 2.15. The van der Waals surface area contributed by atoms with E-state index in [1.807, 2.05) is 13.8 Å². The third-order valence-corrected chi connectivity index (χ3v) is 2.76. The summed E-state index contributed by atoms with van der Waals surface area (Å²) in [6, 6.07) is 6.64. The lowest BCUT2D eigenvalue weighted by atomic mass is 10.0. The number of benzene rings is 1. The van der Waals surface area contributed by atoms with Gasteiger partial charge < -0.3 is 5.11 Å². The normalized spacial score (nSPS) is 10.2. The number of nitrogens with zero attached hydrogens (tertiary/aromatic N) is 2. The molecule has 0 saturated heterocycles. The quantitative estimate of drug-likeness (QED) is 0.857. The van der Waals surface area contributed by atoms with Gasteiger partial charge in [0.1, 0.15) is 0 Å². The Hall–Kier alpha value is -2.23. The monoisotopic (exact) mass is 228 g/mol. The molecule has 0 aliphatic rings. The first-order valence-corrected chi connectivity index (χ1v) is 5.22. The maximum absolute atomic E-state index is 10.7. The molecule has 0 bridgehead atoms. The molecule has 0 spiro atoms. The topological polar surface area (TPSA) is 63.1 Å². The molecule has 0 aliphatic carbocycles. The van der Waals surface area contributed by atoms with E-state index >= 15 is 0 Å². The zero-order chi connectivity index (χ0) is 12.4. The molecule has 0 saturated carbocycles. The summed E-state index contributed by atoms with van der Waals surface area (Å²) < 4.78 is 0. The van der Waals surface area contributed by atoms with E-state index in [1.165, 1.54) is 0 Å². The maximum Gasteiger partial charge on any atom is 0.335 e. The number of hydrogen-bond donors (Lipinski definition) is 1. The first kappa shape index (κ1) is 11.3. The van der Waals surface area contributed by atoms with Crippen LogP contribution in [0.3, 0.4) is 0 Å². The highest BCUT2D eigenvalue weighted by atomic mass is 16.4. The largest absolute Gasteiger partial charge is 0.478 e. The Kier molecular flexibility index (Phi) is 2.87. The molecule has 1 N–H and O–H groups in total. The van der Waals surface area contributed by atoms with Gasteiger partial charge >= 0.3 is 5.97 Å². The number of carboxylic acids is 1. The van der Waals surface area contributed by atoms with E-state index in [1.54, 1.807) is 30.5 Å². The minimum Gasteiger partial charge on any atom is -0.478 e. The van der Waals surface area contributed by atoms with Crippen LogP contribution in [-0.4, -0.2) is 21.3 Å². The van der Waals surface area contributed by atoms with E-state index in [4.69, 9.17) is 5.11 Å². The first-order chi connectivity index (χ1) is 8.09. The summed E-state index contributed by atoms with van der Waals surface area (Å²) in [7, 11) is 0. The van der Waals surface area contributed by atoms with Crippen molar-refractivity contribution in [2.75, 3.05) is 0 Å². The molecule has 17 heavy (non-hydrogen) atoms. The Morgan fingerprint density at radius 2 is 1.82 bits per heavy atom. The Labute approximate surface area is 98.9 Å². The molecule has 2 aromatic rings. The molecule has 0 unspecified atom stereocenters. The molecule has 0 fully saturated rings. The second kappa shape index (κ2) is 4.33. The summed E-state index contributed by atoms with van der Waals surface area (Å²) >= 11 is 0. The lowest BCUT2D eigenvalue weighted by Gasteiger charge is -2.06. The van der Waals surface area contributed by atoms with Crippen LogP contribution in [0.25, 0.3) is 11.3 Å². The summed E-state index contributed by atoms with van der Waals surface area (Å²) in [5, 5.41) is 16.8. The van der Waals surface area contributed by atoms with Gasteiger partial charge in [0.05, 0.1) is 17.5 Å². The number of aromatic carboxylic acids is 1. The highest BCUT2D eigenvalue weighted by Gasteiger charge is 2.08. The van der Waals surface area contributed by atoms with Crippen LogP contribution < -0.4 is 0 Å². The predicted molar refractivity (Wildman–Crippen MR) is 63.9 cm³/mol. The molecule has 4 nitrogen and oxygen atoms in total. The van der Waals surface area contributed by atoms with Crippen LogP contribution in [0.4, 0.5) is 0 Å². The molecule has 2 rings (SSSR count). The minimum atomic E-state index is -0.927. The number of aryl methyl sites for hydroxylation is 1. The number of aromatic nitrogens is 2. The zero-order valence-electron chi connectivity index (χ0n) is 9.64. The van der Waals surface area contributed by atoms with Gasteiger partial charge in [-0.15, -0.1) is 0 Å². The van der Waals surface area contributed by atoms with E-state index in [9.17, 15) is 4.79 Å². The summed E-state index contributed by atoms with van der Waals surface area (Å²) in [5.74, 6) is -0.927. The zero-order valence-corrected chi connectivity index (χ0v) is 9.64. The van der Waals surface area contributed by atoms with Crippen molar-refractivity contribution >= 4 is 5.97 Å². The van der Waals surface area contributed by atoms with Crippen LogP contribution in [-0.2, 0) is 0 Å². The molecule has 4 heteroatoms. The maximum atomic E-state index is 10.7. The van der Waals surface area contributed by atoms with Gasteiger partial charge in [-0.3, -0.25) is 0 Å². The van der Waals surface area contributed by atoms with Gasteiger partial charge in [0.2, 0.25) is 0 Å². The van der Waals surface area contributed by atoms with Crippen LogP contribution in [0.5, 0.6) is 0 Å². The molecular weight excluding hydrogens is 216 g/mol. The van der Waals surface area contributed by atoms with Crippen LogP contribution >= 0.6 is 0 Å². The highest BCUT2D eigenvalue weighted by Crippen LogP contribution is 2.22. The fourth-order valence-electron chi connectivity index (χ4n) is 1.58. The highest BCUT2D eigenvalue weighted by molar-refractivity contribution is 5.88. The van der Waals surface area contributed by atoms with Crippen LogP contribution in [0.1, 0.15) is 21.5 Å². The summed E-state index contributed by atoms with van der Waals surface area (Å²) in [5.41, 5.74) is 4.07. The lowest BCUT2D eigenvalue weighted by molar-refractivity contribution is 0.0697. The van der Waals surface area contributed by atoms with Crippen molar-refractivity contribution in [1.29, 1.82) is 0 Å². The first-order valence-electron chi connectivity index (χ1n) is 5.22. The van der Waals surface area contributed by atoms with E-state index in [0.29, 0.717) is 0 Å². The summed E-state index contributed by atoms with van der Waals surface area (Å²) in [6.07, 6.45) is 1.71. The van der Waals surface area contributed by atoms with Crippen molar-refractivity contribution in [3.8, 4) is 11.3 Å². The number of carbonyl (C=O) groups is 1. The molecule has 0 amide bonds. The molecule has 1 aromatic carbocycles.